The van der Waals surface area contributed by atoms with Crippen molar-refractivity contribution in [2.45, 2.75) is 26.7 Å². The van der Waals surface area contributed by atoms with E-state index >= 15 is 0 Å². The summed E-state index contributed by atoms with van der Waals surface area (Å²) in [5.74, 6) is 0.361. The van der Waals surface area contributed by atoms with Crippen LogP contribution in [0.15, 0.2) is 47.0 Å². The molecule has 0 bridgehead atoms. The lowest BCUT2D eigenvalue weighted by atomic mass is 10.0. The molecule has 1 aliphatic heterocycles. The van der Waals surface area contributed by atoms with Gasteiger partial charge >= 0.3 is 5.97 Å². The van der Waals surface area contributed by atoms with Crippen molar-refractivity contribution in [3.05, 3.63) is 53.9 Å². The molecule has 0 radical (unpaired) electrons. The Morgan fingerprint density at radius 1 is 1.10 bits per heavy atom. The lowest BCUT2D eigenvalue weighted by molar-refractivity contribution is 0.0525. The molecule has 4 rings (SSSR count). The Morgan fingerprint density at radius 3 is 2.45 bits per heavy atom. The van der Waals surface area contributed by atoms with E-state index in [4.69, 9.17) is 9.15 Å². The molecule has 6 nitrogen and oxygen atoms in total. The van der Waals surface area contributed by atoms with Crippen LogP contribution in [-0.4, -0.2) is 43.7 Å². The number of esters is 1. The summed E-state index contributed by atoms with van der Waals surface area (Å²) in [7, 11) is 0. The number of hydrogen-bond donors (Lipinski definition) is 0. The van der Waals surface area contributed by atoms with Crippen molar-refractivity contribution < 1.29 is 13.9 Å². The van der Waals surface area contributed by atoms with Crippen LogP contribution in [-0.2, 0) is 4.74 Å². The zero-order valence-corrected chi connectivity index (χ0v) is 17.2. The Hall–Kier alpha value is -3.02. The number of aromatic nitrogens is 1. The third kappa shape index (κ3) is 3.67. The predicted molar refractivity (Wildman–Crippen MR) is 115 cm³/mol. The van der Waals surface area contributed by atoms with Gasteiger partial charge in [0.2, 0.25) is 5.71 Å². The van der Waals surface area contributed by atoms with E-state index in [9.17, 15) is 4.79 Å². The number of ether oxygens (including phenoxy) is 1. The first-order valence-electron chi connectivity index (χ1n) is 10.2. The van der Waals surface area contributed by atoms with Gasteiger partial charge in [0.25, 0.3) is 0 Å². The zero-order chi connectivity index (χ0) is 20.4. The molecule has 0 spiro atoms. The van der Waals surface area contributed by atoms with Crippen molar-refractivity contribution in [2.75, 3.05) is 42.6 Å². The topological polar surface area (TPSA) is 58.8 Å². The van der Waals surface area contributed by atoms with E-state index in [-0.39, 0.29) is 11.9 Å². The van der Waals surface area contributed by atoms with Crippen molar-refractivity contribution in [3.8, 4) is 0 Å². The molecule has 3 heterocycles. The SMILES string of the molecule is CCOC(=O)c1c(C(C)C)oc2nccc(N3CCN(c4ccccc4)CC3)c12. The number of anilines is 2. The molecule has 1 saturated heterocycles. The van der Waals surface area contributed by atoms with E-state index in [0.29, 0.717) is 23.6 Å². The van der Waals surface area contributed by atoms with E-state index in [2.05, 4.69) is 39.0 Å². The second kappa shape index (κ2) is 8.15. The molecule has 3 aromatic rings. The first-order valence-corrected chi connectivity index (χ1v) is 10.2. The van der Waals surface area contributed by atoms with Gasteiger partial charge in [-0.2, -0.15) is 0 Å². The van der Waals surface area contributed by atoms with Gasteiger partial charge < -0.3 is 19.0 Å². The largest absolute Gasteiger partial charge is 0.462 e. The second-order valence-electron chi connectivity index (χ2n) is 7.54. The van der Waals surface area contributed by atoms with Gasteiger partial charge in [-0.1, -0.05) is 32.0 Å². The number of rotatable bonds is 5. The van der Waals surface area contributed by atoms with Gasteiger partial charge in [0, 0.05) is 44.0 Å². The summed E-state index contributed by atoms with van der Waals surface area (Å²) < 4.78 is 11.3. The Balaban J connectivity index is 1.68. The minimum atomic E-state index is -0.341. The third-order valence-electron chi connectivity index (χ3n) is 5.34. The number of para-hydroxylation sites is 1. The Bertz CT molecular complexity index is 989. The van der Waals surface area contributed by atoms with Gasteiger partial charge in [-0.15, -0.1) is 0 Å². The molecule has 0 saturated carbocycles. The lowest BCUT2D eigenvalue weighted by Gasteiger charge is -2.37. The van der Waals surface area contributed by atoms with Crippen molar-refractivity contribution in [2.24, 2.45) is 0 Å². The predicted octanol–water partition coefficient (Wildman–Crippen LogP) is 4.45. The second-order valence-corrected chi connectivity index (χ2v) is 7.54. The van der Waals surface area contributed by atoms with Crippen LogP contribution in [0.4, 0.5) is 11.4 Å². The molecule has 0 aliphatic carbocycles. The summed E-state index contributed by atoms with van der Waals surface area (Å²) in [6, 6.07) is 12.4. The summed E-state index contributed by atoms with van der Waals surface area (Å²) in [5.41, 5.74) is 3.25. The van der Waals surface area contributed by atoms with Gasteiger partial charge in [-0.3, -0.25) is 0 Å². The number of fused-ring (bicyclic) bond motifs is 1. The van der Waals surface area contributed by atoms with Crippen LogP contribution in [0.25, 0.3) is 11.1 Å². The van der Waals surface area contributed by atoms with Crippen LogP contribution in [0.1, 0.15) is 42.8 Å². The molecule has 29 heavy (non-hydrogen) atoms. The third-order valence-corrected chi connectivity index (χ3v) is 5.34. The molecule has 0 atom stereocenters. The highest BCUT2D eigenvalue weighted by atomic mass is 16.5. The van der Waals surface area contributed by atoms with E-state index in [1.165, 1.54) is 5.69 Å². The van der Waals surface area contributed by atoms with Gasteiger partial charge in [-0.25, -0.2) is 9.78 Å². The summed E-state index contributed by atoms with van der Waals surface area (Å²) in [6.07, 6.45) is 1.75. The Morgan fingerprint density at radius 2 is 1.79 bits per heavy atom. The Kier molecular flexibility index (Phi) is 5.43. The molecule has 6 heteroatoms. The van der Waals surface area contributed by atoms with Crippen LogP contribution < -0.4 is 9.80 Å². The fourth-order valence-electron chi connectivity index (χ4n) is 3.94. The number of pyridine rings is 1. The average molecular weight is 393 g/mol. The maximum Gasteiger partial charge on any atom is 0.342 e. The molecule has 1 aromatic carbocycles. The Labute approximate surface area is 171 Å². The number of nitrogens with zero attached hydrogens (tertiary/aromatic N) is 3. The maximum absolute atomic E-state index is 12.8. The van der Waals surface area contributed by atoms with Gasteiger partial charge in [0.05, 0.1) is 17.7 Å². The highest BCUT2D eigenvalue weighted by molar-refractivity contribution is 6.09. The molecule has 0 amide bonds. The number of piperazine rings is 1. The maximum atomic E-state index is 12.8. The van der Waals surface area contributed by atoms with Crippen molar-refractivity contribution in [3.63, 3.8) is 0 Å². The van der Waals surface area contributed by atoms with Crippen LogP contribution in [0, 0.1) is 0 Å². The minimum Gasteiger partial charge on any atom is -0.462 e. The van der Waals surface area contributed by atoms with E-state index in [0.717, 1.165) is 37.3 Å². The van der Waals surface area contributed by atoms with Gasteiger partial charge in [0.1, 0.15) is 11.3 Å². The minimum absolute atomic E-state index is 0.0615. The smallest absolute Gasteiger partial charge is 0.342 e. The summed E-state index contributed by atoms with van der Waals surface area (Å²) >= 11 is 0. The summed E-state index contributed by atoms with van der Waals surface area (Å²) in [5, 5.41) is 0.766. The highest BCUT2D eigenvalue weighted by Gasteiger charge is 2.29. The first-order chi connectivity index (χ1) is 14.1. The number of carbonyl (C=O) groups excluding carboxylic acids is 1. The molecule has 1 fully saturated rings. The summed E-state index contributed by atoms with van der Waals surface area (Å²) in [4.78, 5) is 21.9. The highest BCUT2D eigenvalue weighted by Crippen LogP contribution is 2.37. The average Bonchev–Trinajstić information content (AvgIpc) is 3.15. The lowest BCUT2D eigenvalue weighted by Crippen LogP contribution is -2.46. The van der Waals surface area contributed by atoms with E-state index < -0.39 is 0 Å². The number of benzene rings is 1. The zero-order valence-electron chi connectivity index (χ0n) is 17.2. The number of furan rings is 1. The van der Waals surface area contributed by atoms with E-state index in [1.54, 1.807) is 6.20 Å². The quantitative estimate of drug-likeness (QED) is 0.597. The van der Waals surface area contributed by atoms with Gasteiger partial charge in [-0.05, 0) is 25.1 Å². The van der Waals surface area contributed by atoms with Crippen LogP contribution in [0.3, 0.4) is 0 Å². The van der Waals surface area contributed by atoms with Crippen molar-refractivity contribution in [1.82, 2.24) is 4.98 Å². The van der Waals surface area contributed by atoms with Crippen LogP contribution in [0.2, 0.25) is 0 Å². The molecule has 1 aliphatic rings. The molecular weight excluding hydrogens is 366 g/mol. The molecular formula is C23H27N3O3. The van der Waals surface area contributed by atoms with Crippen LogP contribution >= 0.6 is 0 Å². The fourth-order valence-corrected chi connectivity index (χ4v) is 3.94. The molecule has 0 N–H and O–H groups in total. The molecule has 2 aromatic heterocycles. The normalized spacial score (nSPS) is 14.6. The summed E-state index contributed by atoms with van der Waals surface area (Å²) in [6.45, 7) is 9.72. The van der Waals surface area contributed by atoms with Crippen LogP contribution in [0.5, 0.6) is 0 Å². The standard InChI is InChI=1S/C23H27N3O3/c1-4-28-23(27)20-19-18(10-11-24-22(19)29-21(20)16(2)3)26-14-12-25(13-15-26)17-8-6-5-7-9-17/h5-11,16H,4,12-15H2,1-3H3. The number of carbonyl (C=O) groups is 1. The molecule has 0 unspecified atom stereocenters. The van der Waals surface area contributed by atoms with E-state index in [1.807, 2.05) is 32.9 Å². The number of hydrogen-bond acceptors (Lipinski definition) is 6. The monoisotopic (exact) mass is 393 g/mol. The fraction of sp³-hybridized carbons (Fsp3) is 0.391. The van der Waals surface area contributed by atoms with Gasteiger partial charge in [0.15, 0.2) is 0 Å². The van der Waals surface area contributed by atoms with Crippen molar-refractivity contribution in [1.29, 1.82) is 0 Å². The van der Waals surface area contributed by atoms with Crippen molar-refractivity contribution >= 4 is 28.4 Å². The first kappa shape index (κ1) is 19.3. The molecule has 152 valence electrons.